The van der Waals surface area contributed by atoms with Gasteiger partial charge in [0.25, 0.3) is 11.5 Å². The van der Waals surface area contributed by atoms with E-state index in [9.17, 15) is 34.2 Å². The number of pyridine rings is 2. The van der Waals surface area contributed by atoms with Crippen LogP contribution in [-0.2, 0) is 38.6 Å². The normalized spacial score (nSPS) is 18.6. The third-order valence-corrected chi connectivity index (χ3v) is 14.6. The number of hydrogen-bond donors (Lipinski definition) is 3. The summed E-state index contributed by atoms with van der Waals surface area (Å²) in [5.74, 6) is -0.210. The van der Waals surface area contributed by atoms with E-state index >= 15 is 0 Å². The minimum Gasteiger partial charge on any atom is -0.508 e. The number of amides is 3. The van der Waals surface area contributed by atoms with E-state index in [1.165, 1.54) is 13.2 Å². The maximum atomic E-state index is 13.9. The number of cyclic esters (lactones) is 1. The predicted octanol–water partition coefficient (Wildman–Crippen LogP) is 6.93. The van der Waals surface area contributed by atoms with Crippen molar-refractivity contribution in [2.45, 2.75) is 104 Å². The summed E-state index contributed by atoms with van der Waals surface area (Å²) in [6, 6.07) is 17.0. The Kier molecular flexibility index (Phi) is 13.1. The Balaban J connectivity index is 0.754. The third kappa shape index (κ3) is 8.88. The molecule has 73 heavy (non-hydrogen) atoms. The first-order valence-corrected chi connectivity index (χ1v) is 24.9. The summed E-state index contributed by atoms with van der Waals surface area (Å²) in [5.41, 5.74) is 5.96. The minimum atomic E-state index is -0.993. The summed E-state index contributed by atoms with van der Waals surface area (Å²) in [4.78, 5) is 75.5. The topological polar surface area (TPSA) is 230 Å². The van der Waals surface area contributed by atoms with E-state index in [0.29, 0.717) is 121 Å². The fourth-order valence-electron chi connectivity index (χ4n) is 10.8. The molecule has 7 heterocycles. The Morgan fingerprint density at radius 2 is 1.66 bits per heavy atom. The Morgan fingerprint density at radius 3 is 2.36 bits per heavy atom. The van der Waals surface area contributed by atoms with Crippen LogP contribution in [0.3, 0.4) is 0 Å². The first-order valence-electron chi connectivity index (χ1n) is 24.9. The number of phenols is 2. The SMILES string of the molecule is CCNC(=O)c1nnc(-c2cc(C(C)C)c(O)cc2O)n1-c1ccc(OC2CCN(C(=O)C3CCN(C(=O)Oc4ccc5nc6c(c(CC)c5c4)Cn4c-6cc5c(c4=O)COC(=O)C5OC)C(C)C3)CC2)cc1. The minimum absolute atomic E-state index is 0.0300. The van der Waals surface area contributed by atoms with E-state index in [4.69, 9.17) is 23.9 Å². The smallest absolute Gasteiger partial charge is 0.415 e. The van der Waals surface area contributed by atoms with Crippen LogP contribution in [0.15, 0.2) is 65.5 Å². The Hall–Kier alpha value is -7.80. The number of phenolic OH excluding ortho intramolecular Hbond substituents is 2. The number of ether oxygens (including phenoxy) is 4. The molecule has 6 aromatic rings. The number of nitrogens with one attached hydrogen (secondary N) is 1. The highest BCUT2D eigenvalue weighted by molar-refractivity contribution is 5.93. The standard InChI is InChI=1S/C54H58N8O11/c1-7-35-37-22-34(13-14-42(37)56-46-40(35)26-61-43(46)24-38-41(52(61)67)27-71-53(68)47(38)70-6)73-54(69)60-20-15-30(21-29(60)5)51(66)59-18-16-33(17-19-59)72-32-11-9-31(10-12-32)62-48(57-58-49(62)50(65)55-8-2)39-23-36(28(3)4)44(63)25-45(39)64/h9-14,22-25,28-30,33,47,63-64H,7-8,15-21,26-27H2,1-6H3,(H,55,65). The molecule has 19 nitrogen and oxygen atoms in total. The molecule has 0 bridgehead atoms. The van der Waals surface area contributed by atoms with E-state index in [-0.39, 0.29) is 65.2 Å². The van der Waals surface area contributed by atoms with Gasteiger partial charge in [-0.05, 0) is 105 Å². The monoisotopic (exact) mass is 994 g/mol. The lowest BCUT2D eigenvalue weighted by molar-refractivity contribution is -0.159. The van der Waals surface area contributed by atoms with Gasteiger partial charge in [0.2, 0.25) is 11.7 Å². The summed E-state index contributed by atoms with van der Waals surface area (Å²) in [5, 5.41) is 33.5. The molecule has 4 aliphatic heterocycles. The number of fused-ring (bicyclic) bond motifs is 5. The second kappa shape index (κ2) is 19.7. The maximum Gasteiger partial charge on any atom is 0.415 e. The molecule has 0 radical (unpaired) electrons. The summed E-state index contributed by atoms with van der Waals surface area (Å²) >= 11 is 0. The van der Waals surface area contributed by atoms with Crippen molar-refractivity contribution in [1.29, 1.82) is 0 Å². The van der Waals surface area contributed by atoms with E-state index in [2.05, 4.69) is 15.5 Å². The zero-order valence-corrected chi connectivity index (χ0v) is 41.6. The summed E-state index contributed by atoms with van der Waals surface area (Å²) in [6.07, 6.45) is 1.28. The van der Waals surface area contributed by atoms with E-state index < -0.39 is 24.1 Å². The average Bonchev–Trinajstić information content (AvgIpc) is 3.98. The van der Waals surface area contributed by atoms with Crippen LogP contribution in [0.2, 0.25) is 0 Å². The number of nitrogens with zero attached hydrogens (tertiary/aromatic N) is 7. The molecule has 2 fully saturated rings. The van der Waals surface area contributed by atoms with Gasteiger partial charge in [-0.15, -0.1) is 10.2 Å². The van der Waals surface area contributed by atoms with Crippen molar-refractivity contribution in [2.75, 3.05) is 33.3 Å². The second-order valence-electron chi connectivity index (χ2n) is 19.4. The molecular formula is C54H58N8O11. The summed E-state index contributed by atoms with van der Waals surface area (Å²) in [6.45, 7) is 11.6. The number of methoxy groups -OCH3 is 1. The molecule has 3 aromatic heterocycles. The van der Waals surface area contributed by atoms with Gasteiger partial charge < -0.3 is 48.8 Å². The van der Waals surface area contributed by atoms with E-state index in [1.54, 1.807) is 57.4 Å². The molecule has 3 atom stereocenters. The molecule has 2 saturated heterocycles. The quantitative estimate of drug-likeness (QED) is 0.112. The third-order valence-electron chi connectivity index (χ3n) is 14.6. The Bertz CT molecular complexity index is 3250. The van der Waals surface area contributed by atoms with Crippen molar-refractivity contribution < 1.29 is 48.3 Å². The van der Waals surface area contributed by atoms with Gasteiger partial charge in [-0.25, -0.2) is 14.6 Å². The molecule has 3 unspecified atom stereocenters. The summed E-state index contributed by atoms with van der Waals surface area (Å²) in [7, 11) is 1.41. The number of esters is 1. The zero-order valence-electron chi connectivity index (χ0n) is 41.6. The lowest BCUT2D eigenvalue weighted by Crippen LogP contribution is -2.51. The highest BCUT2D eigenvalue weighted by Gasteiger charge is 2.38. The van der Waals surface area contributed by atoms with E-state index in [0.717, 1.165) is 16.5 Å². The first kappa shape index (κ1) is 48.8. The fraction of sp³-hybridized carbons (Fsp3) is 0.407. The van der Waals surface area contributed by atoms with Crippen molar-refractivity contribution in [3.63, 3.8) is 0 Å². The maximum absolute atomic E-state index is 13.9. The van der Waals surface area contributed by atoms with Gasteiger partial charge in [0, 0.05) is 86.4 Å². The number of benzene rings is 3. The average molecular weight is 995 g/mol. The van der Waals surface area contributed by atoms with Crippen LogP contribution in [0.5, 0.6) is 23.0 Å². The van der Waals surface area contributed by atoms with Crippen LogP contribution < -0.4 is 20.3 Å². The highest BCUT2D eigenvalue weighted by atomic mass is 16.6. The van der Waals surface area contributed by atoms with Gasteiger partial charge in [-0.1, -0.05) is 20.8 Å². The van der Waals surface area contributed by atoms with Crippen LogP contribution in [0.1, 0.15) is 111 Å². The first-order chi connectivity index (χ1) is 35.2. The number of carbonyl (C=O) groups is 4. The fourth-order valence-corrected chi connectivity index (χ4v) is 10.8. The van der Waals surface area contributed by atoms with Crippen LogP contribution >= 0.6 is 0 Å². The number of aryl methyl sites for hydroxylation is 1. The van der Waals surface area contributed by atoms with Gasteiger partial charge in [0.05, 0.1) is 34.6 Å². The largest absolute Gasteiger partial charge is 0.508 e. The lowest BCUT2D eigenvalue weighted by Gasteiger charge is -2.39. The van der Waals surface area contributed by atoms with Crippen LogP contribution in [0, 0.1) is 5.92 Å². The number of likely N-dealkylation sites (tertiary alicyclic amines) is 2. The zero-order chi connectivity index (χ0) is 51.4. The van der Waals surface area contributed by atoms with Gasteiger partial charge in [-0.2, -0.15) is 0 Å². The van der Waals surface area contributed by atoms with E-state index in [1.807, 2.05) is 50.8 Å². The summed E-state index contributed by atoms with van der Waals surface area (Å²) < 4.78 is 26.3. The van der Waals surface area contributed by atoms with Gasteiger partial charge in [-0.3, -0.25) is 19.0 Å². The number of aromatic hydroxyl groups is 2. The van der Waals surface area contributed by atoms with Gasteiger partial charge >= 0.3 is 12.1 Å². The van der Waals surface area contributed by atoms with Crippen molar-refractivity contribution in [2.24, 2.45) is 5.92 Å². The van der Waals surface area contributed by atoms with Crippen LogP contribution in [0.25, 0.3) is 39.4 Å². The molecule has 0 spiro atoms. The molecule has 4 aliphatic rings. The van der Waals surface area contributed by atoms with Crippen molar-refractivity contribution in [3.8, 4) is 51.5 Å². The van der Waals surface area contributed by atoms with Crippen LogP contribution in [-0.4, -0.2) is 114 Å². The molecule has 0 aliphatic carbocycles. The van der Waals surface area contributed by atoms with Crippen molar-refractivity contribution in [3.05, 3.63) is 105 Å². The molecule has 0 saturated carbocycles. The molecule has 10 rings (SSSR count). The predicted molar refractivity (Wildman–Crippen MR) is 267 cm³/mol. The highest BCUT2D eigenvalue weighted by Crippen LogP contribution is 2.41. The molecule has 3 aromatic carbocycles. The number of rotatable bonds is 11. The number of aromatic nitrogens is 5. The van der Waals surface area contributed by atoms with Crippen molar-refractivity contribution in [1.82, 2.24) is 39.4 Å². The molecule has 380 valence electrons. The van der Waals surface area contributed by atoms with Crippen molar-refractivity contribution >= 4 is 34.8 Å². The molecule has 19 heteroatoms. The Morgan fingerprint density at radius 1 is 0.904 bits per heavy atom. The molecular weight excluding hydrogens is 937 g/mol. The molecule has 3 amide bonds. The second-order valence-corrected chi connectivity index (χ2v) is 19.4. The molecule has 3 N–H and O–H groups in total. The Labute approximate surface area is 420 Å². The van der Waals surface area contributed by atoms with Gasteiger partial charge in [0.1, 0.15) is 35.7 Å². The number of carbonyl (C=O) groups excluding carboxylic acids is 4. The number of hydrogen-bond acceptors (Lipinski definition) is 14. The number of piperidine rings is 2. The van der Waals surface area contributed by atoms with Gasteiger partial charge in [0.15, 0.2) is 11.9 Å². The van der Waals surface area contributed by atoms with Crippen LogP contribution in [0.4, 0.5) is 4.79 Å². The lowest BCUT2D eigenvalue weighted by atomic mass is 9.90.